The highest BCUT2D eigenvalue weighted by atomic mass is 32.2. The van der Waals surface area contributed by atoms with Crippen molar-refractivity contribution >= 4 is 39.9 Å². The van der Waals surface area contributed by atoms with E-state index < -0.39 is 58.3 Å². The molecule has 2 saturated carbocycles. The molecule has 0 spiro atoms. The van der Waals surface area contributed by atoms with Crippen LogP contribution in [-0.4, -0.2) is 74.1 Å². The molecular formula is C24H34O7S2. The van der Waals surface area contributed by atoms with Crippen LogP contribution in [0, 0.1) is 28.6 Å². The first kappa shape index (κ1) is 25.3. The van der Waals surface area contributed by atoms with Gasteiger partial charge in [0.15, 0.2) is 5.78 Å². The molecular weight excluding hydrogens is 464 g/mol. The summed E-state index contributed by atoms with van der Waals surface area (Å²) in [6.07, 6.45) is -1.55. The molecule has 0 amide bonds. The lowest BCUT2D eigenvalue weighted by Crippen LogP contribution is -2.74. The highest BCUT2D eigenvalue weighted by molar-refractivity contribution is 8.22. The summed E-state index contributed by atoms with van der Waals surface area (Å²) in [5.74, 6) is -2.18. The summed E-state index contributed by atoms with van der Waals surface area (Å²) in [7, 11) is 0. The van der Waals surface area contributed by atoms with Crippen molar-refractivity contribution in [1.29, 1.82) is 0 Å². The zero-order valence-corrected chi connectivity index (χ0v) is 21.6. The monoisotopic (exact) mass is 498 g/mol. The largest absolute Gasteiger partial charge is 0.459 e. The van der Waals surface area contributed by atoms with E-state index >= 15 is 0 Å². The normalized spacial score (nSPS) is 46.3. The molecule has 0 aromatic carbocycles. The molecule has 1 heterocycles. The average Bonchev–Trinajstić information content (AvgIpc) is 2.71. The third-order valence-corrected chi connectivity index (χ3v) is 10.6. The molecule has 184 valence electrons. The maximum Gasteiger partial charge on any atom is 0.303 e. The number of esters is 1. The average molecular weight is 499 g/mol. The number of hydrogen-bond donors (Lipinski definition) is 3. The topological polar surface area (TPSA) is 113 Å². The van der Waals surface area contributed by atoms with Crippen molar-refractivity contribution in [2.24, 2.45) is 28.6 Å². The van der Waals surface area contributed by atoms with Crippen molar-refractivity contribution in [1.82, 2.24) is 0 Å². The molecule has 3 N–H and O–H groups in total. The lowest BCUT2D eigenvalue weighted by atomic mass is 9.44. The summed E-state index contributed by atoms with van der Waals surface area (Å²) in [6, 6.07) is 0. The number of Topliss-reactive ketones (excluding diaryl/α,β-unsaturated/α-hetero) is 1. The fourth-order valence-corrected chi connectivity index (χ4v) is 8.11. The molecule has 33 heavy (non-hydrogen) atoms. The summed E-state index contributed by atoms with van der Waals surface area (Å²) in [4.78, 5) is 26.6. The number of fused-ring (bicyclic) bond motifs is 5. The van der Waals surface area contributed by atoms with E-state index in [0.717, 1.165) is 0 Å². The van der Waals surface area contributed by atoms with Gasteiger partial charge in [-0.1, -0.05) is 33.0 Å². The van der Waals surface area contributed by atoms with Crippen molar-refractivity contribution in [2.45, 2.75) is 77.5 Å². The molecule has 0 unspecified atom stereocenters. The summed E-state index contributed by atoms with van der Waals surface area (Å²) >= 11 is 7.08. The Hall–Kier alpha value is -0.840. The maximum absolute atomic E-state index is 14.2. The van der Waals surface area contributed by atoms with E-state index in [1.165, 1.54) is 18.7 Å². The molecule has 9 heteroatoms. The van der Waals surface area contributed by atoms with Gasteiger partial charge in [0, 0.05) is 41.9 Å². The minimum atomic E-state index is -1.72. The van der Waals surface area contributed by atoms with E-state index in [1.54, 1.807) is 27.7 Å². The van der Waals surface area contributed by atoms with E-state index in [-0.39, 0.29) is 18.4 Å². The zero-order chi connectivity index (χ0) is 24.7. The number of thiocarbonyl (C=S) groups is 1. The van der Waals surface area contributed by atoms with Crippen LogP contribution in [-0.2, 0) is 19.1 Å². The van der Waals surface area contributed by atoms with Gasteiger partial charge in [-0.05, 0) is 30.7 Å². The molecule has 1 saturated heterocycles. The molecule has 1 aliphatic heterocycles. The Morgan fingerprint density at radius 1 is 1.27 bits per heavy atom. The molecule has 2 bridgehead atoms. The molecule has 0 aromatic heterocycles. The Labute approximate surface area is 204 Å². The fourth-order valence-electron chi connectivity index (χ4n) is 7.14. The molecule has 3 fully saturated rings. The summed E-state index contributed by atoms with van der Waals surface area (Å²) in [5.41, 5.74) is -3.28. The minimum absolute atomic E-state index is 0.0728. The van der Waals surface area contributed by atoms with Crippen LogP contribution in [0.4, 0.5) is 0 Å². The van der Waals surface area contributed by atoms with Crippen LogP contribution in [0.5, 0.6) is 0 Å². The molecule has 0 aromatic rings. The third kappa shape index (κ3) is 3.26. The number of aliphatic hydroxyl groups excluding tert-OH is 2. The second-order valence-corrected chi connectivity index (χ2v) is 12.4. The highest BCUT2D eigenvalue weighted by Gasteiger charge is 2.72. The lowest BCUT2D eigenvalue weighted by Gasteiger charge is -2.65. The van der Waals surface area contributed by atoms with Crippen molar-refractivity contribution in [3.63, 3.8) is 0 Å². The van der Waals surface area contributed by atoms with E-state index in [1.807, 2.05) is 6.26 Å². The number of aliphatic hydroxyl groups is 3. The van der Waals surface area contributed by atoms with Crippen LogP contribution in [0.3, 0.4) is 0 Å². The van der Waals surface area contributed by atoms with Gasteiger partial charge in [-0.3, -0.25) is 9.59 Å². The van der Waals surface area contributed by atoms with Crippen molar-refractivity contribution in [3.05, 3.63) is 11.1 Å². The van der Waals surface area contributed by atoms with Gasteiger partial charge in [-0.2, -0.15) is 0 Å². The van der Waals surface area contributed by atoms with Crippen molar-refractivity contribution < 1.29 is 34.4 Å². The van der Waals surface area contributed by atoms with Gasteiger partial charge >= 0.3 is 5.97 Å². The van der Waals surface area contributed by atoms with Crippen molar-refractivity contribution in [2.75, 3.05) is 12.9 Å². The predicted molar refractivity (Wildman–Crippen MR) is 128 cm³/mol. The second-order valence-electron chi connectivity index (χ2n) is 10.8. The van der Waals surface area contributed by atoms with Gasteiger partial charge in [-0.25, -0.2) is 0 Å². The van der Waals surface area contributed by atoms with Crippen LogP contribution >= 0.6 is 24.0 Å². The lowest BCUT2D eigenvalue weighted by molar-refractivity contribution is -0.269. The van der Waals surface area contributed by atoms with E-state index in [0.29, 0.717) is 28.4 Å². The Bertz CT molecular complexity index is 930. The molecule has 3 aliphatic carbocycles. The quantitative estimate of drug-likeness (QED) is 0.299. The fraction of sp³-hybridized carbons (Fsp3) is 0.792. The molecule has 4 rings (SSSR count). The molecule has 0 radical (unpaired) electrons. The van der Waals surface area contributed by atoms with Gasteiger partial charge in [0.25, 0.3) is 0 Å². The maximum atomic E-state index is 14.2. The molecule has 9 atom stereocenters. The van der Waals surface area contributed by atoms with E-state index in [2.05, 4.69) is 0 Å². The molecule has 7 nitrogen and oxygen atoms in total. The number of ketones is 1. The number of carbonyl (C=O) groups excluding carboxylic acids is 2. The predicted octanol–water partition coefficient (Wildman–Crippen LogP) is 2.05. The third-order valence-electron chi connectivity index (χ3n) is 9.14. The number of ether oxygens (including phenoxy) is 2. The second kappa shape index (κ2) is 8.10. The van der Waals surface area contributed by atoms with Gasteiger partial charge in [0.1, 0.15) is 17.8 Å². The zero-order valence-electron chi connectivity index (χ0n) is 20.0. The highest BCUT2D eigenvalue weighted by Crippen LogP contribution is 2.63. The minimum Gasteiger partial charge on any atom is -0.459 e. The summed E-state index contributed by atoms with van der Waals surface area (Å²) in [6.45, 7) is 8.62. The van der Waals surface area contributed by atoms with Crippen LogP contribution in [0.1, 0.15) is 47.5 Å². The Balaban J connectivity index is 2.04. The van der Waals surface area contributed by atoms with Crippen LogP contribution in [0.15, 0.2) is 11.1 Å². The smallest absolute Gasteiger partial charge is 0.303 e. The van der Waals surface area contributed by atoms with E-state index in [9.17, 15) is 24.9 Å². The van der Waals surface area contributed by atoms with Crippen LogP contribution in [0.25, 0.3) is 0 Å². The van der Waals surface area contributed by atoms with Gasteiger partial charge in [0.05, 0.1) is 23.0 Å². The SMILES string of the molecule is CSC(=S)[C@H]1C[C@H]2OC[C@H]2[C@H]2[C@H](OC(C)=O)[C@]3(O)C[C@H](O)C(C)=C([C@@H](O)C(=O)[C@@]21C)C3(C)C. The first-order chi connectivity index (χ1) is 15.2. The van der Waals surface area contributed by atoms with Gasteiger partial charge in [-0.15, -0.1) is 11.8 Å². The van der Waals surface area contributed by atoms with Crippen LogP contribution < -0.4 is 0 Å². The van der Waals surface area contributed by atoms with Gasteiger partial charge in [0.2, 0.25) is 0 Å². The van der Waals surface area contributed by atoms with Gasteiger partial charge < -0.3 is 24.8 Å². The Morgan fingerprint density at radius 2 is 1.91 bits per heavy atom. The van der Waals surface area contributed by atoms with Crippen LogP contribution in [0.2, 0.25) is 0 Å². The number of carbonyl (C=O) groups is 2. The first-order valence-corrected chi connectivity index (χ1v) is 13.1. The molecule has 4 aliphatic rings. The first-order valence-electron chi connectivity index (χ1n) is 11.4. The summed E-state index contributed by atoms with van der Waals surface area (Å²) < 4.78 is 12.4. The number of hydrogen-bond acceptors (Lipinski definition) is 9. The van der Waals surface area contributed by atoms with Crippen molar-refractivity contribution in [3.8, 4) is 0 Å². The number of thioether (sulfide) groups is 1. The van der Waals surface area contributed by atoms with E-state index in [4.69, 9.17) is 21.7 Å². The Kier molecular flexibility index (Phi) is 6.20. The standard InChI is InChI=1S/C24H34O7S2/c1-10-14(26)8-24(29)20(31-11(2)25)17-12-9-30-15(12)7-13(21(32)33-6)23(17,5)19(28)18(27)16(10)22(24,3)4/h12-15,17-18,20,26-27,29H,7-9H2,1-6H3/t12-,13-,14+,15-,17+,18-,20+,23-,24-/m1/s1. The summed E-state index contributed by atoms with van der Waals surface area (Å²) in [5, 5.41) is 34.7. The Morgan fingerprint density at radius 3 is 2.42 bits per heavy atom. The number of rotatable bonds is 2.